The topological polar surface area (TPSA) is 96.1 Å². The summed E-state index contributed by atoms with van der Waals surface area (Å²) < 4.78 is 0. The van der Waals surface area contributed by atoms with Crippen molar-refractivity contribution < 1.29 is 14.4 Å². The van der Waals surface area contributed by atoms with E-state index in [1.165, 1.54) is 10.6 Å². The van der Waals surface area contributed by atoms with Gasteiger partial charge in [-0.3, -0.25) is 14.4 Å². The Balaban J connectivity index is 0.00000380. The van der Waals surface area contributed by atoms with E-state index in [0.29, 0.717) is 25.8 Å². The molecule has 4 rings (SSSR count). The molecule has 8 heteroatoms. The fourth-order valence-electron chi connectivity index (χ4n) is 5.56. The maximum atomic E-state index is 14.0. The number of carbonyl (C=O) groups excluding carboxylic acids is 3. The number of nitrogens with two attached hydrogens (primary N) is 1. The first-order chi connectivity index (χ1) is 17.1. The molecule has 0 bridgehead atoms. The predicted molar refractivity (Wildman–Crippen MR) is 147 cm³/mol. The number of nitrogens with zero attached hydrogens (tertiary/aromatic N) is 3. The highest BCUT2D eigenvalue weighted by Crippen LogP contribution is 2.40. The van der Waals surface area contributed by atoms with Crippen LogP contribution in [0.25, 0.3) is 0 Å². The van der Waals surface area contributed by atoms with Crippen molar-refractivity contribution in [1.82, 2.24) is 9.91 Å². The summed E-state index contributed by atoms with van der Waals surface area (Å²) >= 11 is 0. The molecule has 1 saturated heterocycles. The number of aryl methyl sites for hydroxylation is 1. The van der Waals surface area contributed by atoms with Crippen LogP contribution >= 0.6 is 12.4 Å². The van der Waals surface area contributed by atoms with E-state index in [-0.39, 0.29) is 30.8 Å². The van der Waals surface area contributed by atoms with Crippen molar-refractivity contribution in [2.45, 2.75) is 46.0 Å². The Morgan fingerprint density at radius 2 is 1.65 bits per heavy atom. The molecule has 198 valence electrons. The maximum absolute atomic E-state index is 14.0. The Bertz CT molecular complexity index is 1150. The average Bonchev–Trinajstić information content (AvgIpc) is 3.11. The third-order valence-electron chi connectivity index (χ3n) is 7.87. The van der Waals surface area contributed by atoms with Gasteiger partial charge >= 0.3 is 0 Å². The van der Waals surface area contributed by atoms with Crippen LogP contribution in [-0.4, -0.2) is 53.5 Å². The van der Waals surface area contributed by atoms with Crippen LogP contribution in [0.1, 0.15) is 44.2 Å². The molecule has 2 heterocycles. The Morgan fingerprint density at radius 1 is 1.05 bits per heavy atom. The van der Waals surface area contributed by atoms with E-state index in [9.17, 15) is 14.4 Å². The van der Waals surface area contributed by atoms with Gasteiger partial charge in [-0.25, -0.2) is 5.01 Å². The maximum Gasteiger partial charge on any atom is 0.256 e. The highest BCUT2D eigenvalue weighted by Gasteiger charge is 2.54. The molecule has 2 aromatic carbocycles. The Labute approximate surface area is 225 Å². The van der Waals surface area contributed by atoms with Gasteiger partial charge in [0.05, 0.1) is 17.0 Å². The number of amides is 3. The lowest BCUT2D eigenvalue weighted by Gasteiger charge is -2.42. The smallest absolute Gasteiger partial charge is 0.256 e. The molecule has 37 heavy (non-hydrogen) atoms. The number of piperidine rings is 1. The summed E-state index contributed by atoms with van der Waals surface area (Å²) in [6.45, 7) is 4.24. The van der Waals surface area contributed by atoms with Gasteiger partial charge in [-0.15, -0.1) is 12.4 Å². The SMILES string of the molecule is CN1N=C2CCN(C(=O)[C@H](CCCc3ccccc3)C(C)(C)C(N)=O)C[C@@]2(Cc2ccccc2)C1=O.Cl. The summed E-state index contributed by atoms with van der Waals surface area (Å²) in [5, 5.41) is 5.96. The summed E-state index contributed by atoms with van der Waals surface area (Å²) in [6, 6.07) is 20.0. The molecule has 0 radical (unpaired) electrons. The Morgan fingerprint density at radius 3 is 2.24 bits per heavy atom. The lowest BCUT2D eigenvalue weighted by atomic mass is 9.71. The van der Waals surface area contributed by atoms with Crippen molar-refractivity contribution in [3.8, 4) is 0 Å². The van der Waals surface area contributed by atoms with Gasteiger partial charge in [0.15, 0.2) is 0 Å². The molecule has 2 aromatic rings. The Hall–Kier alpha value is -3.19. The molecule has 2 atom stereocenters. The third-order valence-corrected chi connectivity index (χ3v) is 7.87. The number of fused-ring (bicyclic) bond motifs is 1. The van der Waals surface area contributed by atoms with Gasteiger partial charge < -0.3 is 10.6 Å². The molecule has 3 amide bonds. The number of hydrazone groups is 1. The number of primary amides is 1. The number of carbonyl (C=O) groups is 3. The van der Waals surface area contributed by atoms with Crippen LogP contribution in [0, 0.1) is 16.7 Å². The third kappa shape index (κ3) is 5.72. The van der Waals surface area contributed by atoms with Gasteiger partial charge in [0.1, 0.15) is 5.41 Å². The summed E-state index contributed by atoms with van der Waals surface area (Å²) in [7, 11) is 1.68. The lowest BCUT2D eigenvalue weighted by Crippen LogP contribution is -2.58. The number of hydrogen-bond acceptors (Lipinski definition) is 4. The zero-order chi connectivity index (χ0) is 25.9. The van der Waals surface area contributed by atoms with Gasteiger partial charge in [0, 0.05) is 26.6 Å². The monoisotopic (exact) mass is 524 g/mol. The van der Waals surface area contributed by atoms with Crippen LogP contribution in [0.5, 0.6) is 0 Å². The van der Waals surface area contributed by atoms with Crippen LogP contribution in [0.15, 0.2) is 65.8 Å². The first kappa shape index (κ1) is 28.4. The Kier molecular flexibility index (Phi) is 8.80. The van der Waals surface area contributed by atoms with E-state index in [0.717, 1.165) is 24.1 Å². The van der Waals surface area contributed by atoms with Gasteiger partial charge in [-0.1, -0.05) is 74.5 Å². The second-order valence-electron chi connectivity index (χ2n) is 10.6. The molecule has 0 aliphatic carbocycles. The lowest BCUT2D eigenvalue weighted by molar-refractivity contribution is -0.148. The first-order valence-electron chi connectivity index (χ1n) is 12.7. The van der Waals surface area contributed by atoms with E-state index in [4.69, 9.17) is 5.73 Å². The van der Waals surface area contributed by atoms with Crippen LogP contribution in [0.4, 0.5) is 0 Å². The van der Waals surface area contributed by atoms with E-state index in [1.54, 1.807) is 25.8 Å². The first-order valence-corrected chi connectivity index (χ1v) is 12.7. The normalized spacial score (nSPS) is 20.1. The highest BCUT2D eigenvalue weighted by atomic mass is 35.5. The summed E-state index contributed by atoms with van der Waals surface area (Å²) in [5.74, 6) is -1.26. The van der Waals surface area contributed by atoms with E-state index < -0.39 is 22.7 Å². The van der Waals surface area contributed by atoms with Gasteiger partial charge in [-0.2, -0.15) is 5.10 Å². The molecule has 0 spiro atoms. The van der Waals surface area contributed by atoms with Gasteiger partial charge in [-0.05, 0) is 36.8 Å². The summed E-state index contributed by atoms with van der Waals surface area (Å²) in [6.07, 6.45) is 3.13. The zero-order valence-corrected chi connectivity index (χ0v) is 22.7. The minimum atomic E-state index is -1.01. The second-order valence-corrected chi connectivity index (χ2v) is 10.6. The van der Waals surface area contributed by atoms with Crippen molar-refractivity contribution in [3.05, 3.63) is 71.8 Å². The fraction of sp³-hybridized carbons (Fsp3) is 0.448. The predicted octanol–water partition coefficient (Wildman–Crippen LogP) is 3.85. The van der Waals surface area contributed by atoms with Crippen molar-refractivity contribution in [3.63, 3.8) is 0 Å². The second kappa shape index (κ2) is 11.5. The van der Waals surface area contributed by atoms with E-state index in [1.807, 2.05) is 48.5 Å². The van der Waals surface area contributed by atoms with Crippen LogP contribution < -0.4 is 5.73 Å². The molecule has 1 fully saturated rings. The van der Waals surface area contributed by atoms with Crippen molar-refractivity contribution >= 4 is 35.8 Å². The molecule has 7 nitrogen and oxygen atoms in total. The minimum Gasteiger partial charge on any atom is -0.369 e. The zero-order valence-electron chi connectivity index (χ0n) is 21.9. The number of rotatable bonds is 9. The van der Waals surface area contributed by atoms with E-state index in [2.05, 4.69) is 17.2 Å². The number of halogens is 1. The van der Waals surface area contributed by atoms with Crippen LogP contribution in [-0.2, 0) is 27.2 Å². The summed E-state index contributed by atoms with van der Waals surface area (Å²) in [4.78, 5) is 41.7. The fourth-order valence-corrected chi connectivity index (χ4v) is 5.56. The number of benzene rings is 2. The molecular weight excluding hydrogens is 488 g/mol. The molecular formula is C29H37ClN4O3. The molecule has 2 N–H and O–H groups in total. The quantitative estimate of drug-likeness (QED) is 0.539. The van der Waals surface area contributed by atoms with Crippen molar-refractivity contribution in [1.29, 1.82) is 0 Å². The molecule has 2 aliphatic rings. The molecule has 0 aromatic heterocycles. The van der Waals surface area contributed by atoms with E-state index >= 15 is 0 Å². The number of hydrogen-bond donors (Lipinski definition) is 1. The van der Waals surface area contributed by atoms with Crippen molar-refractivity contribution in [2.24, 2.45) is 27.6 Å². The van der Waals surface area contributed by atoms with Crippen LogP contribution in [0.2, 0.25) is 0 Å². The van der Waals surface area contributed by atoms with Gasteiger partial charge in [0.25, 0.3) is 5.91 Å². The van der Waals surface area contributed by atoms with Gasteiger partial charge in [0.2, 0.25) is 11.8 Å². The standard InChI is InChI=1S/C29H36N4O3.ClH/c1-28(2,26(30)35)23(16-10-15-21-11-6-4-7-12-21)25(34)33-18-17-24-29(20-33,27(36)32(3)31-24)19-22-13-8-5-9-14-22;/h4-9,11-14,23H,10,15-20H2,1-3H3,(H2,30,35);1H/t23-,29+;/m0./s1. The molecule has 0 saturated carbocycles. The molecule has 2 aliphatic heterocycles. The molecule has 0 unspecified atom stereocenters. The van der Waals surface area contributed by atoms with Crippen molar-refractivity contribution in [2.75, 3.05) is 20.1 Å². The highest BCUT2D eigenvalue weighted by molar-refractivity contribution is 6.13. The number of likely N-dealkylation sites (tertiary alicyclic amines) is 1. The van der Waals surface area contributed by atoms with Crippen LogP contribution in [0.3, 0.4) is 0 Å². The largest absolute Gasteiger partial charge is 0.369 e. The minimum absolute atomic E-state index is 0. The average molecular weight is 525 g/mol. The summed E-state index contributed by atoms with van der Waals surface area (Å²) in [5.41, 5.74) is 6.95.